The monoisotopic (exact) mass is 334 g/mol. The highest BCUT2D eigenvalue weighted by molar-refractivity contribution is 6.04. The number of phenols is 2. The largest absolute Gasteiger partial charge is 0.504 e. The summed E-state index contributed by atoms with van der Waals surface area (Å²) in [4.78, 5) is 24.0. The van der Waals surface area contributed by atoms with Crippen LogP contribution in [0.25, 0.3) is 5.70 Å². The quantitative estimate of drug-likeness (QED) is 0.234. The minimum atomic E-state index is -0.882. The molecule has 1 rings (SSSR count). The molecule has 0 fully saturated rings. The van der Waals surface area contributed by atoms with E-state index in [9.17, 15) is 30.4 Å². The van der Waals surface area contributed by atoms with E-state index in [1.54, 1.807) is 19.9 Å². The maximum Gasteiger partial charge on any atom is 0.315 e. The highest BCUT2D eigenvalue weighted by Crippen LogP contribution is 2.38. The van der Waals surface area contributed by atoms with Crippen LogP contribution in [0.2, 0.25) is 0 Å². The molecule has 0 aliphatic heterocycles. The third kappa shape index (κ3) is 3.55. The summed E-state index contributed by atoms with van der Waals surface area (Å²) in [5.74, 6) is -2.14. The van der Waals surface area contributed by atoms with E-state index in [1.807, 2.05) is 0 Å². The lowest BCUT2D eigenvalue weighted by molar-refractivity contribution is -0.386. The van der Waals surface area contributed by atoms with Crippen molar-refractivity contribution in [1.29, 1.82) is 5.26 Å². The van der Waals surface area contributed by atoms with Gasteiger partial charge in [-0.3, -0.25) is 14.9 Å². The van der Waals surface area contributed by atoms with Crippen molar-refractivity contribution in [1.82, 2.24) is 10.2 Å². The summed E-state index contributed by atoms with van der Waals surface area (Å²) < 4.78 is 0. The Hall–Kier alpha value is -3.28. The number of carbonyl (C=O) groups is 1. The van der Waals surface area contributed by atoms with Crippen molar-refractivity contribution in [2.75, 3.05) is 20.1 Å². The maximum absolute atomic E-state index is 12.4. The number of rotatable bonds is 6. The number of aromatic hydroxyl groups is 2. The van der Waals surface area contributed by atoms with E-state index in [2.05, 4.69) is 5.32 Å². The van der Waals surface area contributed by atoms with E-state index in [4.69, 9.17) is 0 Å². The lowest BCUT2D eigenvalue weighted by atomic mass is 10.0. The summed E-state index contributed by atoms with van der Waals surface area (Å²) in [6.07, 6.45) is 0. The molecule has 0 unspecified atom stereocenters. The first kappa shape index (κ1) is 18.8. The van der Waals surface area contributed by atoms with Gasteiger partial charge in [-0.2, -0.15) is 5.26 Å². The second-order valence-electron chi connectivity index (χ2n) is 4.71. The zero-order valence-electron chi connectivity index (χ0n) is 13.5. The minimum absolute atomic E-state index is 0.0211. The highest BCUT2D eigenvalue weighted by atomic mass is 16.6. The van der Waals surface area contributed by atoms with Gasteiger partial charge in [0, 0.05) is 31.8 Å². The molecule has 0 aliphatic carbocycles. The number of nitrogens with zero attached hydrogens (tertiary/aromatic N) is 3. The SMILES string of the molecule is CCN(CC)C(=O)/C(C#N)=C(\NC)c1cc(O)c(O)c([N+](=O)[O-])c1. The Balaban J connectivity index is 3.62. The van der Waals surface area contributed by atoms with Gasteiger partial charge in [0.15, 0.2) is 5.75 Å². The van der Waals surface area contributed by atoms with Crippen LogP contribution in [0.4, 0.5) is 5.69 Å². The molecule has 0 spiro atoms. The summed E-state index contributed by atoms with van der Waals surface area (Å²) in [7, 11) is 1.44. The van der Waals surface area contributed by atoms with Gasteiger partial charge in [0.2, 0.25) is 5.75 Å². The summed E-state index contributed by atoms with van der Waals surface area (Å²) in [5.41, 5.74) is -0.921. The van der Waals surface area contributed by atoms with Gasteiger partial charge in [0.25, 0.3) is 5.91 Å². The maximum atomic E-state index is 12.4. The number of nitro groups is 1. The molecular formula is C15H18N4O5. The highest BCUT2D eigenvalue weighted by Gasteiger charge is 2.25. The molecule has 1 aromatic carbocycles. The standard InChI is InChI=1S/C15H18N4O5/c1-4-18(5-2)15(22)10(8-16)13(17-3)9-6-11(19(23)24)14(21)12(20)7-9/h6-7,17,20-21H,4-5H2,1-3H3/b13-10-. The van der Waals surface area contributed by atoms with Gasteiger partial charge in [-0.15, -0.1) is 0 Å². The van der Waals surface area contributed by atoms with Gasteiger partial charge in [-0.05, 0) is 19.9 Å². The van der Waals surface area contributed by atoms with Gasteiger partial charge < -0.3 is 20.4 Å². The fourth-order valence-electron chi connectivity index (χ4n) is 2.18. The molecule has 0 aliphatic rings. The normalized spacial score (nSPS) is 11.2. The number of benzene rings is 1. The van der Waals surface area contributed by atoms with E-state index >= 15 is 0 Å². The Bertz CT molecular complexity index is 732. The van der Waals surface area contributed by atoms with Crippen molar-refractivity contribution >= 4 is 17.3 Å². The zero-order valence-corrected chi connectivity index (χ0v) is 13.5. The molecule has 9 heteroatoms. The second kappa shape index (κ2) is 7.82. The van der Waals surface area contributed by atoms with Gasteiger partial charge >= 0.3 is 5.69 Å². The van der Waals surface area contributed by atoms with Crippen LogP contribution in [-0.2, 0) is 4.79 Å². The van der Waals surface area contributed by atoms with E-state index in [0.717, 1.165) is 12.1 Å². The summed E-state index contributed by atoms with van der Waals surface area (Å²) in [5, 5.41) is 42.2. The van der Waals surface area contributed by atoms with E-state index < -0.39 is 28.0 Å². The first-order valence-electron chi connectivity index (χ1n) is 7.14. The molecule has 1 aromatic rings. The molecule has 24 heavy (non-hydrogen) atoms. The van der Waals surface area contributed by atoms with Crippen LogP contribution in [0, 0.1) is 21.4 Å². The Labute approximate surface area is 138 Å². The van der Waals surface area contributed by atoms with E-state index in [-0.39, 0.29) is 16.8 Å². The first-order chi connectivity index (χ1) is 11.3. The topological polar surface area (TPSA) is 140 Å². The number of nitro benzene ring substituents is 1. The lowest BCUT2D eigenvalue weighted by Crippen LogP contribution is -2.32. The van der Waals surface area contributed by atoms with Crippen LogP contribution in [0.5, 0.6) is 11.5 Å². The number of hydrogen-bond donors (Lipinski definition) is 3. The fraction of sp³-hybridized carbons (Fsp3) is 0.333. The molecular weight excluding hydrogens is 316 g/mol. The third-order valence-electron chi connectivity index (χ3n) is 3.43. The van der Waals surface area contributed by atoms with Gasteiger partial charge in [-0.1, -0.05) is 0 Å². The predicted octanol–water partition coefficient (Wildman–Crippen LogP) is 1.33. The first-order valence-corrected chi connectivity index (χ1v) is 7.14. The zero-order chi connectivity index (χ0) is 18.4. The average molecular weight is 334 g/mol. The van der Waals surface area contributed by atoms with Gasteiger partial charge in [0.05, 0.1) is 10.6 Å². The number of likely N-dealkylation sites (N-methyl/N-ethyl adjacent to an activating group) is 1. The number of hydrogen-bond acceptors (Lipinski definition) is 7. The summed E-state index contributed by atoms with van der Waals surface area (Å²) in [6, 6.07) is 3.82. The number of carbonyl (C=O) groups excluding carboxylic acids is 1. The fourth-order valence-corrected chi connectivity index (χ4v) is 2.18. The van der Waals surface area contributed by atoms with Crippen LogP contribution >= 0.6 is 0 Å². The summed E-state index contributed by atoms with van der Waals surface area (Å²) >= 11 is 0. The van der Waals surface area contributed by atoms with Crippen LogP contribution in [0.1, 0.15) is 19.4 Å². The van der Waals surface area contributed by atoms with Crippen LogP contribution in [-0.4, -0.2) is 46.1 Å². The molecule has 9 nitrogen and oxygen atoms in total. The van der Waals surface area contributed by atoms with Gasteiger partial charge in [-0.25, -0.2) is 0 Å². The molecule has 128 valence electrons. The smallest absolute Gasteiger partial charge is 0.315 e. The Kier molecular flexibility index (Phi) is 6.12. The minimum Gasteiger partial charge on any atom is -0.504 e. The molecule has 0 saturated carbocycles. The van der Waals surface area contributed by atoms with Crippen LogP contribution < -0.4 is 5.32 Å². The Morgan fingerprint density at radius 2 is 1.96 bits per heavy atom. The number of nitrogens with one attached hydrogen (secondary N) is 1. The predicted molar refractivity (Wildman–Crippen MR) is 85.9 cm³/mol. The van der Waals surface area contributed by atoms with E-state index in [1.165, 1.54) is 11.9 Å². The summed E-state index contributed by atoms with van der Waals surface area (Å²) in [6.45, 7) is 4.29. The second-order valence-corrected chi connectivity index (χ2v) is 4.71. The van der Waals surface area contributed by atoms with Crippen molar-refractivity contribution in [3.8, 4) is 17.6 Å². The molecule has 0 radical (unpaired) electrons. The van der Waals surface area contributed by atoms with Crippen molar-refractivity contribution < 1.29 is 19.9 Å². The molecule has 0 heterocycles. The molecule has 0 atom stereocenters. The van der Waals surface area contributed by atoms with Crippen LogP contribution in [0.15, 0.2) is 17.7 Å². The van der Waals surface area contributed by atoms with Crippen LogP contribution in [0.3, 0.4) is 0 Å². The van der Waals surface area contributed by atoms with Crippen molar-refractivity contribution in [3.05, 3.63) is 33.4 Å². The molecule has 0 bridgehead atoms. The van der Waals surface area contributed by atoms with Crippen molar-refractivity contribution in [2.24, 2.45) is 0 Å². The number of nitriles is 1. The van der Waals surface area contributed by atoms with Crippen molar-refractivity contribution in [3.63, 3.8) is 0 Å². The molecule has 1 amide bonds. The van der Waals surface area contributed by atoms with Crippen molar-refractivity contribution in [2.45, 2.75) is 13.8 Å². The third-order valence-corrected chi connectivity index (χ3v) is 3.43. The molecule has 3 N–H and O–H groups in total. The van der Waals surface area contributed by atoms with Gasteiger partial charge in [0.1, 0.15) is 11.6 Å². The molecule has 0 aromatic heterocycles. The Morgan fingerprint density at radius 3 is 2.38 bits per heavy atom. The molecule has 0 saturated heterocycles. The average Bonchev–Trinajstić information content (AvgIpc) is 2.55. The Morgan fingerprint density at radius 1 is 1.38 bits per heavy atom. The lowest BCUT2D eigenvalue weighted by Gasteiger charge is -2.20. The van der Waals surface area contributed by atoms with E-state index in [0.29, 0.717) is 13.1 Å². The number of amides is 1. The number of phenolic OH excluding ortho intramolecular Hbond substituents is 2.